The molecule has 1 aliphatic rings. The van der Waals surface area contributed by atoms with Crippen molar-refractivity contribution in [2.75, 3.05) is 39.4 Å². The van der Waals surface area contributed by atoms with Crippen molar-refractivity contribution in [1.29, 1.82) is 0 Å². The van der Waals surface area contributed by atoms with Gasteiger partial charge in [0.25, 0.3) is 0 Å². The Balaban J connectivity index is 2.30. The fraction of sp³-hybridized carbons (Fsp3) is 0.857. The fourth-order valence-electron chi connectivity index (χ4n) is 1.38. The van der Waals surface area contributed by atoms with Crippen LogP contribution < -0.4 is 5.73 Å². The highest BCUT2D eigenvalue weighted by atomic mass is 19.1. The highest BCUT2D eigenvalue weighted by Crippen LogP contribution is 2.00. The summed E-state index contributed by atoms with van der Waals surface area (Å²) in [6, 6.07) is 0. The highest BCUT2D eigenvalue weighted by molar-refractivity contribution is 5.77. The molecular formula is C7H15FN4O. The predicted molar refractivity (Wildman–Crippen MR) is 47.4 cm³/mol. The van der Waals surface area contributed by atoms with Crippen LogP contribution in [0.2, 0.25) is 0 Å². The van der Waals surface area contributed by atoms with Crippen molar-refractivity contribution in [3.05, 3.63) is 0 Å². The van der Waals surface area contributed by atoms with Gasteiger partial charge in [-0.25, -0.2) is 4.39 Å². The molecule has 5 nitrogen and oxygen atoms in total. The number of oxime groups is 1. The lowest BCUT2D eigenvalue weighted by Crippen LogP contribution is -2.51. The second kappa shape index (κ2) is 4.86. The van der Waals surface area contributed by atoms with E-state index in [1.807, 2.05) is 4.90 Å². The zero-order chi connectivity index (χ0) is 9.68. The largest absolute Gasteiger partial charge is 0.408 e. The van der Waals surface area contributed by atoms with Gasteiger partial charge in [0, 0.05) is 32.7 Å². The second-order valence-electron chi connectivity index (χ2n) is 2.98. The molecule has 0 saturated carbocycles. The summed E-state index contributed by atoms with van der Waals surface area (Å²) in [5.74, 6) is 0.139. The minimum Gasteiger partial charge on any atom is -0.408 e. The Morgan fingerprint density at radius 2 is 2.00 bits per heavy atom. The van der Waals surface area contributed by atoms with Crippen LogP contribution in [-0.4, -0.2) is 60.4 Å². The molecule has 1 saturated heterocycles. The fourth-order valence-corrected chi connectivity index (χ4v) is 1.38. The number of alkyl halides is 1. The van der Waals surface area contributed by atoms with Crippen molar-refractivity contribution in [2.45, 2.75) is 0 Å². The quantitative estimate of drug-likeness (QED) is 0.261. The number of halogens is 1. The number of rotatable bonds is 2. The van der Waals surface area contributed by atoms with E-state index in [0.29, 0.717) is 19.6 Å². The standard InChI is InChI=1S/C7H15FN4O/c8-1-2-11-3-5-12(6-4-11)7(9)10-13/h13H,1-6H2,(H2,9,10). The maximum absolute atomic E-state index is 12.0. The van der Waals surface area contributed by atoms with E-state index in [2.05, 4.69) is 5.16 Å². The monoisotopic (exact) mass is 190 g/mol. The Bertz CT molecular complexity index is 179. The Labute approximate surface area is 76.6 Å². The highest BCUT2D eigenvalue weighted by Gasteiger charge is 2.17. The number of nitrogens with two attached hydrogens (primary N) is 1. The molecule has 0 amide bonds. The van der Waals surface area contributed by atoms with Crippen LogP contribution in [0.25, 0.3) is 0 Å². The van der Waals surface area contributed by atoms with Crippen molar-refractivity contribution in [3.63, 3.8) is 0 Å². The van der Waals surface area contributed by atoms with Gasteiger partial charge in [0.2, 0.25) is 5.96 Å². The zero-order valence-corrected chi connectivity index (χ0v) is 7.49. The summed E-state index contributed by atoms with van der Waals surface area (Å²) in [7, 11) is 0. The minimum atomic E-state index is -0.316. The minimum absolute atomic E-state index is 0.139. The third-order valence-corrected chi connectivity index (χ3v) is 2.20. The Kier molecular flexibility index (Phi) is 3.75. The average Bonchev–Trinajstić information content (AvgIpc) is 2.18. The molecule has 13 heavy (non-hydrogen) atoms. The summed E-state index contributed by atoms with van der Waals surface area (Å²) in [4.78, 5) is 3.79. The maximum Gasteiger partial charge on any atom is 0.233 e. The summed E-state index contributed by atoms with van der Waals surface area (Å²) in [5, 5.41) is 11.3. The lowest BCUT2D eigenvalue weighted by atomic mass is 10.3. The molecule has 0 aromatic carbocycles. The number of hydrogen-bond donors (Lipinski definition) is 2. The molecule has 1 rings (SSSR count). The molecule has 0 aromatic rings. The van der Waals surface area contributed by atoms with Crippen LogP contribution in [0.15, 0.2) is 5.16 Å². The molecule has 76 valence electrons. The number of piperazine rings is 1. The molecule has 0 aliphatic carbocycles. The van der Waals surface area contributed by atoms with E-state index >= 15 is 0 Å². The van der Waals surface area contributed by atoms with Crippen molar-refractivity contribution in [3.8, 4) is 0 Å². The Morgan fingerprint density at radius 1 is 1.38 bits per heavy atom. The van der Waals surface area contributed by atoms with Crippen LogP contribution in [0.1, 0.15) is 0 Å². The number of guanidine groups is 1. The molecule has 0 unspecified atom stereocenters. The topological polar surface area (TPSA) is 65.1 Å². The van der Waals surface area contributed by atoms with Gasteiger partial charge in [-0.3, -0.25) is 4.90 Å². The average molecular weight is 190 g/mol. The third kappa shape index (κ3) is 2.73. The van der Waals surface area contributed by atoms with Gasteiger partial charge in [-0.2, -0.15) is 0 Å². The first-order valence-corrected chi connectivity index (χ1v) is 4.28. The van der Waals surface area contributed by atoms with E-state index in [1.54, 1.807) is 4.90 Å². The zero-order valence-electron chi connectivity index (χ0n) is 7.49. The third-order valence-electron chi connectivity index (χ3n) is 2.20. The molecule has 0 atom stereocenters. The first-order chi connectivity index (χ1) is 6.27. The number of hydrogen-bond acceptors (Lipinski definition) is 3. The molecule has 6 heteroatoms. The molecule has 3 N–H and O–H groups in total. The van der Waals surface area contributed by atoms with E-state index in [9.17, 15) is 4.39 Å². The van der Waals surface area contributed by atoms with Crippen LogP contribution in [0, 0.1) is 0 Å². The predicted octanol–water partition coefficient (Wildman–Crippen LogP) is -0.723. The van der Waals surface area contributed by atoms with Crippen LogP contribution in [0.3, 0.4) is 0 Å². The Morgan fingerprint density at radius 3 is 2.46 bits per heavy atom. The molecule has 0 aromatic heterocycles. The van der Waals surface area contributed by atoms with E-state index < -0.39 is 0 Å². The van der Waals surface area contributed by atoms with Gasteiger partial charge in [-0.1, -0.05) is 5.16 Å². The van der Waals surface area contributed by atoms with Crippen LogP contribution in [0.4, 0.5) is 4.39 Å². The summed E-state index contributed by atoms with van der Waals surface area (Å²) in [6.07, 6.45) is 0. The van der Waals surface area contributed by atoms with Gasteiger partial charge in [-0.05, 0) is 0 Å². The maximum atomic E-state index is 12.0. The smallest absolute Gasteiger partial charge is 0.233 e. The van der Waals surface area contributed by atoms with Crippen molar-refractivity contribution < 1.29 is 9.60 Å². The SMILES string of the molecule is N/C(=N\O)N1CCN(CCF)CC1. The molecule has 1 fully saturated rings. The molecule has 1 heterocycles. The van der Waals surface area contributed by atoms with E-state index in [0.717, 1.165) is 13.1 Å². The first kappa shape index (κ1) is 10.0. The molecule has 1 aliphatic heterocycles. The van der Waals surface area contributed by atoms with E-state index in [1.165, 1.54) is 0 Å². The Hall–Kier alpha value is -1.04. The van der Waals surface area contributed by atoms with Gasteiger partial charge in [0.1, 0.15) is 6.67 Å². The second-order valence-corrected chi connectivity index (χ2v) is 2.98. The van der Waals surface area contributed by atoms with E-state index in [-0.39, 0.29) is 12.6 Å². The molecule has 0 radical (unpaired) electrons. The normalized spacial score (nSPS) is 20.7. The van der Waals surface area contributed by atoms with Gasteiger partial charge < -0.3 is 15.8 Å². The number of nitrogens with zero attached hydrogens (tertiary/aromatic N) is 3. The van der Waals surface area contributed by atoms with E-state index in [4.69, 9.17) is 10.9 Å². The molecule has 0 spiro atoms. The summed E-state index contributed by atoms with van der Waals surface area (Å²) >= 11 is 0. The van der Waals surface area contributed by atoms with Crippen molar-refractivity contribution >= 4 is 5.96 Å². The summed E-state index contributed by atoms with van der Waals surface area (Å²) in [6.45, 7) is 3.07. The lowest BCUT2D eigenvalue weighted by Gasteiger charge is -2.34. The lowest BCUT2D eigenvalue weighted by molar-refractivity contribution is 0.166. The first-order valence-electron chi connectivity index (χ1n) is 4.28. The molecule has 0 bridgehead atoms. The van der Waals surface area contributed by atoms with Gasteiger partial charge >= 0.3 is 0 Å². The van der Waals surface area contributed by atoms with Gasteiger partial charge in [0.05, 0.1) is 0 Å². The van der Waals surface area contributed by atoms with Gasteiger partial charge in [0.15, 0.2) is 0 Å². The van der Waals surface area contributed by atoms with Crippen molar-refractivity contribution in [1.82, 2.24) is 9.80 Å². The van der Waals surface area contributed by atoms with Gasteiger partial charge in [-0.15, -0.1) is 0 Å². The van der Waals surface area contributed by atoms with Crippen LogP contribution in [-0.2, 0) is 0 Å². The van der Waals surface area contributed by atoms with Crippen LogP contribution in [0.5, 0.6) is 0 Å². The van der Waals surface area contributed by atoms with Crippen LogP contribution >= 0.6 is 0 Å². The summed E-state index contributed by atoms with van der Waals surface area (Å²) < 4.78 is 12.0. The van der Waals surface area contributed by atoms with Crippen molar-refractivity contribution in [2.24, 2.45) is 10.9 Å². The molecular weight excluding hydrogens is 175 g/mol. The summed E-state index contributed by atoms with van der Waals surface area (Å²) in [5.41, 5.74) is 5.40.